The van der Waals surface area contributed by atoms with Gasteiger partial charge in [-0.25, -0.2) is 0 Å². The minimum Gasteiger partial charge on any atom is -0.344 e. The van der Waals surface area contributed by atoms with Crippen molar-refractivity contribution in [2.45, 2.75) is 51.6 Å². The number of likely N-dealkylation sites (tertiary alicyclic amines) is 1. The van der Waals surface area contributed by atoms with Gasteiger partial charge in [-0.3, -0.25) is 9.69 Å². The van der Waals surface area contributed by atoms with Crippen molar-refractivity contribution in [2.24, 2.45) is 5.73 Å². The summed E-state index contributed by atoms with van der Waals surface area (Å²) in [6, 6.07) is 0.676. The zero-order valence-electron chi connectivity index (χ0n) is 12.3. The molecular formula is C13H29Cl2N3O. The molecule has 0 bridgehead atoms. The average molecular weight is 314 g/mol. The normalized spacial score (nSPS) is 20.3. The second-order valence-electron chi connectivity index (χ2n) is 5.21. The van der Waals surface area contributed by atoms with Gasteiger partial charge < -0.3 is 10.6 Å². The number of carbonyl (C=O) groups excluding carboxylic acids is 1. The fourth-order valence-corrected chi connectivity index (χ4v) is 2.48. The van der Waals surface area contributed by atoms with Gasteiger partial charge in [-0.05, 0) is 39.3 Å². The average Bonchev–Trinajstić information content (AvgIpc) is 2.72. The minimum absolute atomic E-state index is 0. The molecule has 116 valence electrons. The SMILES string of the molecule is CCN1CCCC1CN(C)C(=O)CCC(C)N.Cl.Cl. The lowest BCUT2D eigenvalue weighted by atomic mass is 10.1. The Kier molecular flexibility index (Phi) is 12.0. The molecule has 19 heavy (non-hydrogen) atoms. The van der Waals surface area contributed by atoms with Crippen LogP contribution in [0.1, 0.15) is 39.5 Å². The first-order valence-corrected chi connectivity index (χ1v) is 6.78. The maximum absolute atomic E-state index is 11.9. The maximum atomic E-state index is 11.9. The van der Waals surface area contributed by atoms with Crippen LogP contribution in [0.25, 0.3) is 0 Å². The number of halogens is 2. The van der Waals surface area contributed by atoms with Crippen molar-refractivity contribution in [3.8, 4) is 0 Å². The van der Waals surface area contributed by atoms with Crippen LogP contribution in [0.3, 0.4) is 0 Å². The zero-order valence-corrected chi connectivity index (χ0v) is 13.9. The molecule has 1 amide bonds. The Morgan fingerprint density at radius 1 is 1.47 bits per heavy atom. The summed E-state index contributed by atoms with van der Waals surface area (Å²) in [7, 11) is 1.91. The molecule has 1 saturated heterocycles. The summed E-state index contributed by atoms with van der Waals surface area (Å²) in [4.78, 5) is 16.2. The van der Waals surface area contributed by atoms with Crippen LogP contribution in [0, 0.1) is 0 Å². The van der Waals surface area contributed by atoms with Crippen molar-refractivity contribution < 1.29 is 4.79 Å². The second-order valence-corrected chi connectivity index (χ2v) is 5.21. The fourth-order valence-electron chi connectivity index (χ4n) is 2.48. The van der Waals surface area contributed by atoms with Crippen LogP contribution in [-0.4, -0.2) is 54.5 Å². The first-order chi connectivity index (χ1) is 8.04. The highest BCUT2D eigenvalue weighted by Crippen LogP contribution is 2.17. The highest BCUT2D eigenvalue weighted by molar-refractivity contribution is 5.85. The summed E-state index contributed by atoms with van der Waals surface area (Å²) >= 11 is 0. The summed E-state index contributed by atoms with van der Waals surface area (Å²) in [6.45, 7) is 7.28. The van der Waals surface area contributed by atoms with E-state index in [1.165, 1.54) is 19.4 Å². The Balaban J connectivity index is 0. The number of rotatable bonds is 6. The molecular weight excluding hydrogens is 285 g/mol. The number of hydrogen-bond donors (Lipinski definition) is 1. The van der Waals surface area contributed by atoms with Crippen LogP contribution < -0.4 is 5.73 Å². The Hall–Kier alpha value is -0.0300. The molecule has 2 unspecified atom stereocenters. The van der Waals surface area contributed by atoms with Crippen LogP contribution in [0.5, 0.6) is 0 Å². The first-order valence-electron chi connectivity index (χ1n) is 6.78. The van der Waals surface area contributed by atoms with Gasteiger partial charge in [0.2, 0.25) is 5.91 Å². The van der Waals surface area contributed by atoms with Gasteiger partial charge in [0.25, 0.3) is 0 Å². The van der Waals surface area contributed by atoms with E-state index in [2.05, 4.69) is 11.8 Å². The molecule has 6 heteroatoms. The summed E-state index contributed by atoms with van der Waals surface area (Å²) in [6.07, 6.45) is 3.84. The summed E-state index contributed by atoms with van der Waals surface area (Å²) in [5, 5.41) is 0. The van der Waals surface area contributed by atoms with E-state index in [9.17, 15) is 4.79 Å². The fraction of sp³-hybridized carbons (Fsp3) is 0.923. The first kappa shape index (κ1) is 21.3. The Morgan fingerprint density at radius 3 is 2.63 bits per heavy atom. The van der Waals surface area contributed by atoms with E-state index in [0.717, 1.165) is 19.5 Å². The third-order valence-corrected chi connectivity index (χ3v) is 3.63. The van der Waals surface area contributed by atoms with Crippen molar-refractivity contribution in [3.05, 3.63) is 0 Å². The lowest BCUT2D eigenvalue weighted by Gasteiger charge is -2.28. The molecule has 1 aliphatic heterocycles. The van der Waals surface area contributed by atoms with Gasteiger partial charge in [0.05, 0.1) is 0 Å². The number of hydrogen-bond acceptors (Lipinski definition) is 3. The topological polar surface area (TPSA) is 49.6 Å². The van der Waals surface area contributed by atoms with Crippen molar-refractivity contribution in [1.29, 1.82) is 0 Å². The van der Waals surface area contributed by atoms with Crippen molar-refractivity contribution in [1.82, 2.24) is 9.80 Å². The summed E-state index contributed by atoms with van der Waals surface area (Å²) < 4.78 is 0. The molecule has 1 fully saturated rings. The number of amides is 1. The molecule has 1 heterocycles. The van der Waals surface area contributed by atoms with Crippen molar-refractivity contribution >= 4 is 30.7 Å². The van der Waals surface area contributed by atoms with Crippen LogP contribution >= 0.6 is 24.8 Å². The van der Waals surface area contributed by atoms with Crippen molar-refractivity contribution in [2.75, 3.05) is 26.7 Å². The number of nitrogens with zero attached hydrogens (tertiary/aromatic N) is 2. The second kappa shape index (κ2) is 10.7. The van der Waals surface area contributed by atoms with E-state index >= 15 is 0 Å². The molecule has 0 radical (unpaired) electrons. The van der Waals surface area contributed by atoms with E-state index in [0.29, 0.717) is 12.5 Å². The molecule has 1 aliphatic rings. The molecule has 0 spiro atoms. The number of carbonyl (C=O) groups is 1. The molecule has 2 atom stereocenters. The third kappa shape index (κ3) is 7.35. The Bertz CT molecular complexity index is 252. The quantitative estimate of drug-likeness (QED) is 0.815. The van der Waals surface area contributed by atoms with Gasteiger partial charge in [-0.2, -0.15) is 0 Å². The molecule has 0 saturated carbocycles. The highest BCUT2D eigenvalue weighted by atomic mass is 35.5. The minimum atomic E-state index is 0. The van der Waals surface area contributed by atoms with Gasteiger partial charge in [-0.1, -0.05) is 6.92 Å². The molecule has 0 aromatic rings. The molecule has 2 N–H and O–H groups in total. The van der Waals surface area contributed by atoms with E-state index in [-0.39, 0.29) is 36.8 Å². The van der Waals surface area contributed by atoms with E-state index < -0.39 is 0 Å². The van der Waals surface area contributed by atoms with Crippen LogP contribution in [0.15, 0.2) is 0 Å². The molecule has 0 aromatic heterocycles. The molecule has 4 nitrogen and oxygen atoms in total. The highest BCUT2D eigenvalue weighted by Gasteiger charge is 2.25. The largest absolute Gasteiger partial charge is 0.344 e. The van der Waals surface area contributed by atoms with E-state index in [1.54, 1.807) is 0 Å². The molecule has 1 rings (SSSR count). The van der Waals surface area contributed by atoms with Crippen molar-refractivity contribution in [3.63, 3.8) is 0 Å². The van der Waals surface area contributed by atoms with Gasteiger partial charge in [0.15, 0.2) is 0 Å². The van der Waals surface area contributed by atoms with Crippen LogP contribution in [0.4, 0.5) is 0 Å². The van der Waals surface area contributed by atoms with Crippen LogP contribution in [0.2, 0.25) is 0 Å². The summed E-state index contributed by atoms with van der Waals surface area (Å²) in [5.74, 6) is 0.227. The predicted octanol–water partition coefficient (Wildman–Crippen LogP) is 1.90. The lowest BCUT2D eigenvalue weighted by molar-refractivity contribution is -0.130. The van der Waals surface area contributed by atoms with E-state index in [4.69, 9.17) is 5.73 Å². The zero-order chi connectivity index (χ0) is 12.8. The Labute approximate surface area is 129 Å². The Morgan fingerprint density at radius 2 is 2.11 bits per heavy atom. The molecule has 0 aromatic carbocycles. The van der Waals surface area contributed by atoms with Gasteiger partial charge in [-0.15, -0.1) is 24.8 Å². The predicted molar refractivity (Wildman–Crippen MR) is 85.3 cm³/mol. The lowest BCUT2D eigenvalue weighted by Crippen LogP contribution is -2.41. The number of likely N-dealkylation sites (N-methyl/N-ethyl adjacent to an activating group) is 2. The smallest absolute Gasteiger partial charge is 0.222 e. The van der Waals surface area contributed by atoms with Gasteiger partial charge in [0, 0.05) is 32.1 Å². The summed E-state index contributed by atoms with van der Waals surface area (Å²) in [5.41, 5.74) is 5.67. The molecule has 0 aliphatic carbocycles. The van der Waals surface area contributed by atoms with Gasteiger partial charge >= 0.3 is 0 Å². The third-order valence-electron chi connectivity index (χ3n) is 3.63. The van der Waals surface area contributed by atoms with E-state index in [1.807, 2.05) is 18.9 Å². The maximum Gasteiger partial charge on any atom is 0.222 e. The standard InChI is InChI=1S/C13H27N3O.2ClH/c1-4-16-9-5-6-12(16)10-15(3)13(17)8-7-11(2)14;;/h11-12H,4-10,14H2,1-3H3;2*1H. The number of nitrogens with two attached hydrogens (primary N) is 1. The van der Waals surface area contributed by atoms with Crippen LogP contribution in [-0.2, 0) is 4.79 Å². The van der Waals surface area contributed by atoms with Gasteiger partial charge in [0.1, 0.15) is 0 Å². The monoisotopic (exact) mass is 313 g/mol.